The van der Waals surface area contributed by atoms with Gasteiger partial charge in [0.1, 0.15) is 29.6 Å². The molecule has 0 spiro atoms. The van der Waals surface area contributed by atoms with Gasteiger partial charge in [0.15, 0.2) is 17.2 Å². The maximum absolute atomic E-state index is 15.4. The number of hydrogen-bond donors (Lipinski definition) is 1. The Morgan fingerprint density at radius 2 is 1.84 bits per heavy atom. The average molecular weight is 587 g/mol. The number of carboxylic acids is 1. The zero-order valence-corrected chi connectivity index (χ0v) is 22.3. The van der Waals surface area contributed by atoms with Gasteiger partial charge in [-0.3, -0.25) is 0 Å². The van der Waals surface area contributed by atoms with Crippen LogP contribution < -0.4 is 4.74 Å². The van der Waals surface area contributed by atoms with Gasteiger partial charge in [-0.2, -0.15) is 14.6 Å². The summed E-state index contributed by atoms with van der Waals surface area (Å²) in [5.41, 5.74) is 1.49. The molecule has 10 nitrogen and oxygen atoms in total. The van der Waals surface area contributed by atoms with Gasteiger partial charge in [0.2, 0.25) is 5.82 Å². The van der Waals surface area contributed by atoms with Crippen molar-refractivity contribution in [3.63, 3.8) is 0 Å². The van der Waals surface area contributed by atoms with E-state index in [9.17, 15) is 18.7 Å². The lowest BCUT2D eigenvalue weighted by Crippen LogP contribution is -2.32. The van der Waals surface area contributed by atoms with Crippen molar-refractivity contribution < 1.29 is 32.5 Å². The number of ether oxygens (including phenoxy) is 2. The molecule has 0 aliphatic carbocycles. The Balaban J connectivity index is 1.25. The third-order valence-corrected chi connectivity index (χ3v) is 6.99. The zero-order chi connectivity index (χ0) is 30.1. The van der Waals surface area contributed by atoms with Crippen LogP contribution in [0.1, 0.15) is 39.4 Å². The van der Waals surface area contributed by atoms with Gasteiger partial charge in [-0.05, 0) is 42.3 Å². The number of hydrogen-bond acceptors (Lipinski definition) is 8. The number of rotatable bonds is 9. The van der Waals surface area contributed by atoms with Crippen molar-refractivity contribution in [3.05, 3.63) is 100 Å². The molecule has 0 unspecified atom stereocenters. The van der Waals surface area contributed by atoms with Crippen molar-refractivity contribution in [2.24, 2.45) is 0 Å². The molecule has 43 heavy (non-hydrogen) atoms. The van der Waals surface area contributed by atoms with Gasteiger partial charge in [0.05, 0.1) is 30.5 Å². The number of aromatic nitrogens is 5. The van der Waals surface area contributed by atoms with Crippen molar-refractivity contribution >= 4 is 17.1 Å². The third kappa shape index (κ3) is 5.73. The van der Waals surface area contributed by atoms with Crippen molar-refractivity contribution in [2.45, 2.75) is 32.1 Å². The van der Waals surface area contributed by atoms with Crippen molar-refractivity contribution in [1.82, 2.24) is 24.5 Å². The van der Waals surface area contributed by atoms with Crippen molar-refractivity contribution in [1.29, 1.82) is 5.26 Å². The zero-order valence-electron chi connectivity index (χ0n) is 22.3. The molecule has 1 aliphatic heterocycles. The summed E-state index contributed by atoms with van der Waals surface area (Å²) in [5, 5.41) is 18.3. The molecule has 1 N–H and O–H groups in total. The van der Waals surface area contributed by atoms with E-state index in [1.54, 1.807) is 16.7 Å². The summed E-state index contributed by atoms with van der Waals surface area (Å²) < 4.78 is 56.7. The van der Waals surface area contributed by atoms with Crippen LogP contribution in [0.5, 0.6) is 5.88 Å². The number of pyridine rings is 1. The minimum atomic E-state index is -1.17. The largest absolute Gasteiger partial charge is 0.477 e. The number of nitrogens with zero attached hydrogens (tertiary/aromatic N) is 6. The van der Waals surface area contributed by atoms with Crippen LogP contribution in [0, 0.1) is 28.8 Å². The quantitative estimate of drug-likeness (QED) is 0.257. The number of fused-ring (bicyclic) bond motifs is 1. The van der Waals surface area contributed by atoms with Gasteiger partial charge >= 0.3 is 5.97 Å². The first-order valence-electron chi connectivity index (χ1n) is 13.1. The molecule has 0 radical (unpaired) electrons. The molecular formula is C30H21F3N6O4. The molecule has 13 heteroatoms. The molecule has 0 saturated carbocycles. The van der Waals surface area contributed by atoms with Gasteiger partial charge in [-0.1, -0.05) is 18.2 Å². The maximum atomic E-state index is 15.4. The first kappa shape index (κ1) is 27.8. The van der Waals surface area contributed by atoms with E-state index < -0.39 is 29.3 Å². The lowest BCUT2D eigenvalue weighted by Gasteiger charge is -2.27. The SMILES string of the molecule is N#Cc1ccc(COc2nc(-c3ccc(Cc4nc5ccc(C(=O)O)nc5n4C[C@@H]4CCO4)c(F)c3)ncc2F)c(F)c1. The summed E-state index contributed by atoms with van der Waals surface area (Å²) in [6.45, 7) is 0.662. The smallest absolute Gasteiger partial charge is 0.354 e. The highest BCUT2D eigenvalue weighted by Gasteiger charge is 2.24. The minimum absolute atomic E-state index is 0.0121. The molecule has 4 heterocycles. The summed E-state index contributed by atoms with van der Waals surface area (Å²) in [6, 6.07) is 12.9. The molecule has 5 aromatic rings. The molecule has 216 valence electrons. The minimum Gasteiger partial charge on any atom is -0.477 e. The Morgan fingerprint density at radius 1 is 1.05 bits per heavy atom. The van der Waals surface area contributed by atoms with Gasteiger partial charge in [-0.15, -0.1) is 0 Å². The second kappa shape index (κ2) is 11.5. The topological polar surface area (TPSA) is 136 Å². The molecule has 1 aliphatic rings. The van der Waals surface area contributed by atoms with Crippen molar-refractivity contribution in [2.75, 3.05) is 6.61 Å². The van der Waals surface area contributed by atoms with E-state index >= 15 is 4.39 Å². The summed E-state index contributed by atoms with van der Waals surface area (Å²) >= 11 is 0. The summed E-state index contributed by atoms with van der Waals surface area (Å²) in [7, 11) is 0. The van der Waals surface area contributed by atoms with E-state index in [0.29, 0.717) is 35.7 Å². The number of halogens is 3. The summed E-state index contributed by atoms with van der Waals surface area (Å²) in [6.07, 6.45) is 1.69. The highest BCUT2D eigenvalue weighted by atomic mass is 19.1. The van der Waals surface area contributed by atoms with E-state index in [-0.39, 0.29) is 47.3 Å². The Hall–Kier alpha value is -5.35. The summed E-state index contributed by atoms with van der Waals surface area (Å²) in [5.74, 6) is -3.31. The fraction of sp³-hybridized carbons (Fsp3) is 0.200. The van der Waals surface area contributed by atoms with Crippen LogP contribution in [0.25, 0.3) is 22.6 Å². The highest BCUT2D eigenvalue weighted by Crippen LogP contribution is 2.26. The lowest BCUT2D eigenvalue weighted by atomic mass is 10.1. The van der Waals surface area contributed by atoms with Crippen molar-refractivity contribution in [3.8, 4) is 23.3 Å². The van der Waals surface area contributed by atoms with E-state index in [0.717, 1.165) is 18.7 Å². The standard InChI is InChI=1S/C30H21F3N6O4/c31-21-9-16(12-34)1-2-19(21)15-43-29-23(33)13-35-27(38-29)18-4-3-17(22(32)10-18)11-26-36-24-5-6-25(30(40)41)37-28(24)39(26)14-20-7-8-42-20/h1-6,9-10,13,20H,7-8,11,14-15H2,(H,40,41)/t20-/m0/s1. The first-order chi connectivity index (χ1) is 20.8. The van der Waals surface area contributed by atoms with Crippen LogP contribution in [-0.2, 0) is 24.3 Å². The van der Waals surface area contributed by atoms with Crippen LogP contribution in [0.2, 0.25) is 0 Å². The maximum Gasteiger partial charge on any atom is 0.354 e. The van der Waals surface area contributed by atoms with E-state index in [1.165, 1.54) is 30.3 Å². The fourth-order valence-corrected chi connectivity index (χ4v) is 4.60. The molecule has 0 bridgehead atoms. The molecule has 1 saturated heterocycles. The monoisotopic (exact) mass is 586 g/mol. The van der Waals surface area contributed by atoms with E-state index in [4.69, 9.17) is 14.7 Å². The summed E-state index contributed by atoms with van der Waals surface area (Å²) in [4.78, 5) is 28.3. The highest BCUT2D eigenvalue weighted by molar-refractivity contribution is 5.88. The first-order valence-corrected chi connectivity index (χ1v) is 13.1. The second-order valence-electron chi connectivity index (χ2n) is 9.80. The van der Waals surface area contributed by atoms with Crippen LogP contribution in [0.15, 0.2) is 54.7 Å². The normalized spacial score (nSPS) is 14.3. The molecule has 1 atom stereocenters. The number of imidazole rings is 1. The molecular weight excluding hydrogens is 565 g/mol. The molecule has 2 aromatic carbocycles. The van der Waals surface area contributed by atoms with Crippen LogP contribution in [-0.4, -0.2) is 48.3 Å². The average Bonchev–Trinajstić information content (AvgIpc) is 3.31. The number of carboxylic acid groups (broad SMARTS) is 1. The number of benzene rings is 2. The van der Waals surface area contributed by atoms with Gasteiger partial charge < -0.3 is 19.1 Å². The third-order valence-electron chi connectivity index (χ3n) is 6.99. The fourth-order valence-electron chi connectivity index (χ4n) is 4.60. The predicted octanol–water partition coefficient (Wildman–Crippen LogP) is 4.83. The number of carbonyl (C=O) groups is 1. The van der Waals surface area contributed by atoms with Gasteiger partial charge in [0, 0.05) is 24.2 Å². The predicted molar refractivity (Wildman–Crippen MR) is 144 cm³/mol. The van der Waals surface area contributed by atoms with E-state index in [1.807, 2.05) is 6.07 Å². The Bertz CT molecular complexity index is 1920. The van der Waals surface area contributed by atoms with Crippen LogP contribution in [0.3, 0.4) is 0 Å². The van der Waals surface area contributed by atoms with Gasteiger partial charge in [-0.25, -0.2) is 28.5 Å². The Labute approximate surface area is 242 Å². The molecule has 1 fully saturated rings. The number of nitriles is 1. The molecule has 0 amide bonds. The molecule has 6 rings (SSSR count). The van der Waals surface area contributed by atoms with Gasteiger partial charge in [0.25, 0.3) is 5.88 Å². The van der Waals surface area contributed by atoms with Crippen LogP contribution >= 0.6 is 0 Å². The Kier molecular flexibility index (Phi) is 7.43. The lowest BCUT2D eigenvalue weighted by molar-refractivity contribution is -0.0590. The Morgan fingerprint density at radius 3 is 2.53 bits per heavy atom. The van der Waals surface area contributed by atoms with Crippen LogP contribution in [0.4, 0.5) is 13.2 Å². The van der Waals surface area contributed by atoms with E-state index in [2.05, 4.69) is 19.9 Å². The molecule has 3 aromatic heterocycles. The second-order valence-corrected chi connectivity index (χ2v) is 9.80. The number of aromatic carboxylic acids is 1.